The molecule has 1 saturated heterocycles. The van der Waals surface area contributed by atoms with Crippen molar-refractivity contribution < 1.29 is 9.53 Å². The first-order chi connectivity index (χ1) is 11.6. The van der Waals surface area contributed by atoms with E-state index in [4.69, 9.17) is 16.3 Å². The molecule has 2 N–H and O–H groups in total. The number of hydrogen-bond donors (Lipinski definition) is 2. The lowest BCUT2D eigenvalue weighted by Gasteiger charge is -2.30. The molecule has 0 aliphatic carbocycles. The monoisotopic (exact) mass is 345 g/mol. The number of carbonyl (C=O) groups is 1. The van der Waals surface area contributed by atoms with Gasteiger partial charge in [-0.2, -0.15) is 0 Å². The molecule has 1 aliphatic heterocycles. The van der Waals surface area contributed by atoms with E-state index in [0.717, 1.165) is 30.0 Å². The number of rotatable bonds is 3. The standard InChI is InChI=1S/C18H20ClN3O2/c1-13-6-7-14(19)12-16(13)21-18(23)20-15-4-2-3-5-17(15)22-8-10-24-11-9-22/h2-7,12H,8-11H2,1H3,(H2,20,21,23). The van der Waals surface area contributed by atoms with E-state index < -0.39 is 0 Å². The number of hydrogen-bond acceptors (Lipinski definition) is 3. The molecule has 2 aromatic carbocycles. The fourth-order valence-corrected chi connectivity index (χ4v) is 2.84. The summed E-state index contributed by atoms with van der Waals surface area (Å²) in [7, 11) is 0. The largest absolute Gasteiger partial charge is 0.378 e. The molecule has 24 heavy (non-hydrogen) atoms. The van der Waals surface area contributed by atoms with Crippen LogP contribution in [0.25, 0.3) is 0 Å². The summed E-state index contributed by atoms with van der Waals surface area (Å²) in [6.07, 6.45) is 0. The Bertz CT molecular complexity index is 730. The van der Waals surface area contributed by atoms with Crippen LogP contribution in [0.3, 0.4) is 0 Å². The molecule has 0 unspecified atom stereocenters. The van der Waals surface area contributed by atoms with Crippen LogP contribution in [0.15, 0.2) is 42.5 Å². The van der Waals surface area contributed by atoms with Crippen LogP contribution in [-0.4, -0.2) is 32.3 Å². The average molecular weight is 346 g/mol. The molecular formula is C18H20ClN3O2. The van der Waals surface area contributed by atoms with Crippen LogP contribution >= 0.6 is 11.6 Å². The third-order valence-electron chi connectivity index (χ3n) is 3.95. The number of benzene rings is 2. The van der Waals surface area contributed by atoms with Gasteiger partial charge in [-0.05, 0) is 36.8 Å². The zero-order valence-corrected chi connectivity index (χ0v) is 14.3. The Hall–Kier alpha value is -2.24. The van der Waals surface area contributed by atoms with Gasteiger partial charge in [0.1, 0.15) is 0 Å². The maximum Gasteiger partial charge on any atom is 0.323 e. The van der Waals surface area contributed by atoms with Gasteiger partial charge in [-0.3, -0.25) is 0 Å². The molecule has 0 aromatic heterocycles. The number of halogens is 1. The number of nitrogens with one attached hydrogen (secondary N) is 2. The molecule has 0 radical (unpaired) electrons. The molecule has 1 aliphatic rings. The van der Waals surface area contributed by atoms with Crippen LogP contribution in [0.1, 0.15) is 5.56 Å². The van der Waals surface area contributed by atoms with Crippen molar-refractivity contribution in [3.63, 3.8) is 0 Å². The van der Waals surface area contributed by atoms with Crippen molar-refractivity contribution in [3.8, 4) is 0 Å². The van der Waals surface area contributed by atoms with E-state index in [1.165, 1.54) is 0 Å². The van der Waals surface area contributed by atoms with E-state index in [-0.39, 0.29) is 6.03 Å². The lowest BCUT2D eigenvalue weighted by Crippen LogP contribution is -2.37. The number of amides is 2. The van der Waals surface area contributed by atoms with Crippen LogP contribution in [-0.2, 0) is 4.74 Å². The van der Waals surface area contributed by atoms with E-state index in [0.29, 0.717) is 23.9 Å². The van der Waals surface area contributed by atoms with E-state index in [1.807, 2.05) is 37.3 Å². The van der Waals surface area contributed by atoms with E-state index >= 15 is 0 Å². The maximum absolute atomic E-state index is 12.4. The van der Waals surface area contributed by atoms with Gasteiger partial charge in [0.15, 0.2) is 0 Å². The zero-order chi connectivity index (χ0) is 16.9. The van der Waals surface area contributed by atoms with Crippen LogP contribution in [0, 0.1) is 6.92 Å². The molecule has 2 amide bonds. The number of anilines is 3. The van der Waals surface area contributed by atoms with E-state index in [2.05, 4.69) is 15.5 Å². The summed E-state index contributed by atoms with van der Waals surface area (Å²) in [6.45, 7) is 4.94. The second-order valence-electron chi connectivity index (χ2n) is 5.65. The normalized spacial score (nSPS) is 14.3. The second-order valence-corrected chi connectivity index (χ2v) is 6.09. The predicted octanol–water partition coefficient (Wildman–Crippen LogP) is 4.13. The average Bonchev–Trinajstić information content (AvgIpc) is 2.59. The second kappa shape index (κ2) is 7.55. The summed E-state index contributed by atoms with van der Waals surface area (Å²) in [4.78, 5) is 14.6. The Balaban J connectivity index is 1.73. The number of carbonyl (C=O) groups excluding carboxylic acids is 1. The minimum Gasteiger partial charge on any atom is -0.378 e. The highest BCUT2D eigenvalue weighted by molar-refractivity contribution is 6.31. The molecule has 0 bridgehead atoms. The third kappa shape index (κ3) is 3.99. The third-order valence-corrected chi connectivity index (χ3v) is 4.19. The molecular weight excluding hydrogens is 326 g/mol. The fourth-order valence-electron chi connectivity index (χ4n) is 2.66. The molecule has 0 saturated carbocycles. The van der Waals surface area contributed by atoms with E-state index in [1.54, 1.807) is 12.1 Å². The first-order valence-corrected chi connectivity index (χ1v) is 8.27. The van der Waals surface area contributed by atoms with Gasteiger partial charge < -0.3 is 20.3 Å². The number of ether oxygens (including phenoxy) is 1. The lowest BCUT2D eigenvalue weighted by atomic mass is 10.2. The van der Waals surface area contributed by atoms with Crippen LogP contribution in [0.5, 0.6) is 0 Å². The molecule has 5 nitrogen and oxygen atoms in total. The Labute approximate surface area is 146 Å². The number of para-hydroxylation sites is 2. The molecule has 1 fully saturated rings. The smallest absolute Gasteiger partial charge is 0.323 e. The van der Waals surface area contributed by atoms with E-state index in [9.17, 15) is 4.79 Å². The van der Waals surface area contributed by atoms with Crippen LogP contribution in [0.4, 0.5) is 21.9 Å². The molecule has 126 valence electrons. The molecule has 2 aromatic rings. The first-order valence-electron chi connectivity index (χ1n) is 7.89. The van der Waals surface area contributed by atoms with Gasteiger partial charge in [-0.15, -0.1) is 0 Å². The summed E-state index contributed by atoms with van der Waals surface area (Å²) in [5.74, 6) is 0. The summed E-state index contributed by atoms with van der Waals surface area (Å²) in [5, 5.41) is 6.37. The summed E-state index contributed by atoms with van der Waals surface area (Å²) in [5.41, 5.74) is 3.43. The van der Waals surface area contributed by atoms with Crippen molar-refractivity contribution in [3.05, 3.63) is 53.1 Å². The zero-order valence-electron chi connectivity index (χ0n) is 13.5. The summed E-state index contributed by atoms with van der Waals surface area (Å²) < 4.78 is 5.39. The Morgan fingerprint density at radius 1 is 1.08 bits per heavy atom. The first kappa shape index (κ1) is 16.6. The quantitative estimate of drug-likeness (QED) is 0.879. The van der Waals surface area contributed by atoms with Crippen molar-refractivity contribution >= 4 is 34.7 Å². The van der Waals surface area contributed by atoms with Gasteiger partial charge in [-0.1, -0.05) is 29.8 Å². The van der Waals surface area contributed by atoms with Gasteiger partial charge in [0.2, 0.25) is 0 Å². The van der Waals surface area contributed by atoms with Gasteiger partial charge in [0.25, 0.3) is 0 Å². The molecule has 6 heteroatoms. The predicted molar refractivity (Wildman–Crippen MR) is 98.3 cm³/mol. The van der Waals surface area contributed by atoms with Gasteiger partial charge in [-0.25, -0.2) is 4.79 Å². The van der Waals surface area contributed by atoms with Crippen molar-refractivity contribution in [2.75, 3.05) is 41.8 Å². The maximum atomic E-state index is 12.4. The summed E-state index contributed by atoms with van der Waals surface area (Å²) in [6, 6.07) is 12.9. The molecule has 0 atom stereocenters. The van der Waals surface area contributed by atoms with Crippen molar-refractivity contribution in [1.29, 1.82) is 0 Å². The Morgan fingerprint density at radius 2 is 1.79 bits per heavy atom. The minimum absolute atomic E-state index is 0.291. The topological polar surface area (TPSA) is 53.6 Å². The Morgan fingerprint density at radius 3 is 2.58 bits per heavy atom. The van der Waals surface area contributed by atoms with Crippen molar-refractivity contribution in [1.82, 2.24) is 0 Å². The SMILES string of the molecule is Cc1ccc(Cl)cc1NC(=O)Nc1ccccc1N1CCOCC1. The molecule has 0 spiro atoms. The highest BCUT2D eigenvalue weighted by atomic mass is 35.5. The van der Waals surface area contributed by atoms with Gasteiger partial charge in [0.05, 0.1) is 24.6 Å². The van der Waals surface area contributed by atoms with Crippen LogP contribution in [0.2, 0.25) is 5.02 Å². The van der Waals surface area contributed by atoms with Crippen molar-refractivity contribution in [2.45, 2.75) is 6.92 Å². The van der Waals surface area contributed by atoms with Crippen molar-refractivity contribution in [2.24, 2.45) is 0 Å². The highest BCUT2D eigenvalue weighted by Crippen LogP contribution is 2.27. The highest BCUT2D eigenvalue weighted by Gasteiger charge is 2.16. The number of aryl methyl sites for hydroxylation is 1. The number of urea groups is 1. The Kier molecular flexibility index (Phi) is 5.23. The lowest BCUT2D eigenvalue weighted by molar-refractivity contribution is 0.123. The van der Waals surface area contributed by atoms with Crippen LogP contribution < -0.4 is 15.5 Å². The number of nitrogens with zero attached hydrogens (tertiary/aromatic N) is 1. The number of morpholine rings is 1. The minimum atomic E-state index is -0.291. The molecule has 3 rings (SSSR count). The molecule has 1 heterocycles. The van der Waals surface area contributed by atoms with Gasteiger partial charge >= 0.3 is 6.03 Å². The fraction of sp³-hybridized carbons (Fsp3) is 0.278. The summed E-state index contributed by atoms with van der Waals surface area (Å²) >= 11 is 6.00. The van der Waals surface area contributed by atoms with Gasteiger partial charge in [0, 0.05) is 23.8 Å².